The van der Waals surface area contributed by atoms with E-state index in [0.717, 1.165) is 24.2 Å². The van der Waals surface area contributed by atoms with Crippen LogP contribution in [-0.4, -0.2) is 36.3 Å². The van der Waals surface area contributed by atoms with E-state index >= 15 is 0 Å². The third kappa shape index (κ3) is 6.80. The zero-order valence-corrected chi connectivity index (χ0v) is 21.6. The number of aromatic hydroxyl groups is 1. The first-order valence-corrected chi connectivity index (χ1v) is 14.0. The van der Waals surface area contributed by atoms with Crippen LogP contribution in [0.25, 0.3) is 10.8 Å². The predicted molar refractivity (Wildman–Crippen MR) is 137 cm³/mol. The molecule has 4 rings (SSSR count). The van der Waals surface area contributed by atoms with Gasteiger partial charge in [-0.05, 0) is 54.6 Å². The number of fused-ring (bicyclic) bond motifs is 1. The lowest BCUT2D eigenvalue weighted by Crippen LogP contribution is -1.98. The smallest absolute Gasteiger partial charge is 0.296 e. The van der Waals surface area contributed by atoms with Crippen LogP contribution in [0.4, 0.5) is 22.7 Å². The van der Waals surface area contributed by atoms with Crippen molar-refractivity contribution in [2.75, 3.05) is 0 Å². The molecule has 0 spiro atoms. The third-order valence-electron chi connectivity index (χ3n) is 5.01. The van der Waals surface area contributed by atoms with Crippen LogP contribution < -0.4 is 0 Å². The Labute approximate surface area is 224 Å². The van der Waals surface area contributed by atoms with E-state index in [1.807, 2.05) is 0 Å². The molecule has 0 aliphatic carbocycles. The van der Waals surface area contributed by atoms with Gasteiger partial charge in [0.05, 0.1) is 23.4 Å². The van der Waals surface area contributed by atoms with Crippen LogP contribution >= 0.6 is 12.0 Å². The highest BCUT2D eigenvalue weighted by molar-refractivity contribution is 7.94. The van der Waals surface area contributed by atoms with Crippen molar-refractivity contribution < 1.29 is 45.7 Å². The van der Waals surface area contributed by atoms with E-state index in [-0.39, 0.29) is 27.8 Å². The van der Waals surface area contributed by atoms with E-state index in [2.05, 4.69) is 29.8 Å². The lowest BCUT2D eigenvalue weighted by atomic mass is 10.1. The number of hydrogen-bond donors (Lipinski definition) is 4. The molecule has 0 bridgehead atoms. The van der Waals surface area contributed by atoms with E-state index in [9.17, 15) is 31.0 Å². The quantitative estimate of drug-likeness (QED) is 0.0555. The Bertz CT molecular complexity index is 1810. The Morgan fingerprint density at radius 3 is 1.95 bits per heavy atom. The maximum atomic E-state index is 12.0. The average Bonchev–Trinajstić information content (AvgIpc) is 2.90. The van der Waals surface area contributed by atoms with Crippen molar-refractivity contribution in [3.63, 3.8) is 0 Å². The summed E-state index contributed by atoms with van der Waals surface area (Å²) in [5.41, 5.74) is 0.0291. The zero-order chi connectivity index (χ0) is 28.2. The van der Waals surface area contributed by atoms with Gasteiger partial charge in [-0.1, -0.05) is 23.2 Å². The van der Waals surface area contributed by atoms with Gasteiger partial charge in [0.15, 0.2) is 5.75 Å². The monoisotopic (exact) mass is 592 g/mol. The van der Waals surface area contributed by atoms with E-state index in [4.69, 9.17) is 5.26 Å². The van der Waals surface area contributed by atoms with Crippen molar-refractivity contribution in [3.8, 4) is 5.75 Å². The van der Waals surface area contributed by atoms with Crippen LogP contribution in [0.5, 0.6) is 5.75 Å². The molecular formula is C22H16N4O10S3. The molecule has 0 saturated carbocycles. The molecule has 4 aromatic rings. The second-order valence-corrected chi connectivity index (χ2v) is 11.1. The number of rotatable bonds is 9. The summed E-state index contributed by atoms with van der Waals surface area (Å²) < 4.78 is 70.6. The highest BCUT2D eigenvalue weighted by Gasteiger charge is 2.19. The number of azo groups is 2. The molecule has 0 aliphatic heterocycles. The van der Waals surface area contributed by atoms with Crippen LogP contribution in [0.15, 0.2) is 108 Å². The molecule has 0 atom stereocenters. The Hall–Kier alpha value is -3.81. The molecule has 0 fully saturated rings. The summed E-state index contributed by atoms with van der Waals surface area (Å²) in [7, 11) is -9.35. The van der Waals surface area contributed by atoms with Gasteiger partial charge in [0.2, 0.25) is 0 Å². The standard InChI is InChI=1S/C22H16N4O10S3/c27-22-17-2-1-3-20(38(29,30)31)16(17)9-11-19(22)26-25-18-10-6-14(12-21(18)39(32,33)34)24-23-13-4-7-15(8-5-13)37-36-35-28/h1-12,27-28H,(H,29,30,31)(H,32,33,34). The van der Waals surface area contributed by atoms with Gasteiger partial charge >= 0.3 is 0 Å². The predicted octanol–water partition coefficient (Wildman–Crippen LogP) is 6.30. The number of hydrogen-bond acceptors (Lipinski definition) is 13. The van der Waals surface area contributed by atoms with Gasteiger partial charge in [-0.25, -0.2) is 5.26 Å². The number of benzene rings is 4. The van der Waals surface area contributed by atoms with Crippen LogP contribution in [-0.2, 0) is 29.6 Å². The molecule has 0 saturated heterocycles. The average molecular weight is 593 g/mol. The van der Waals surface area contributed by atoms with E-state index in [0.29, 0.717) is 10.6 Å². The summed E-state index contributed by atoms with van der Waals surface area (Å²) in [5, 5.41) is 37.9. The second-order valence-electron chi connectivity index (χ2n) is 7.51. The van der Waals surface area contributed by atoms with Gasteiger partial charge in [0, 0.05) is 15.7 Å². The van der Waals surface area contributed by atoms with Gasteiger partial charge in [-0.15, -0.1) is 14.6 Å². The third-order valence-corrected chi connectivity index (χ3v) is 7.40. The second kappa shape index (κ2) is 11.5. The topological polar surface area (TPSA) is 217 Å². The number of nitrogens with zero attached hydrogens (tertiary/aromatic N) is 4. The van der Waals surface area contributed by atoms with Crippen molar-refractivity contribution in [2.24, 2.45) is 20.5 Å². The number of phenols is 1. The van der Waals surface area contributed by atoms with E-state index in [1.54, 1.807) is 24.3 Å². The van der Waals surface area contributed by atoms with Crippen LogP contribution in [0, 0.1) is 0 Å². The minimum atomic E-state index is -4.79. The zero-order valence-electron chi connectivity index (χ0n) is 19.2. The summed E-state index contributed by atoms with van der Waals surface area (Å²) in [6, 6.07) is 16.3. The summed E-state index contributed by atoms with van der Waals surface area (Å²) in [6.07, 6.45) is 0. The largest absolute Gasteiger partial charge is 0.505 e. The maximum absolute atomic E-state index is 12.0. The van der Waals surface area contributed by atoms with Gasteiger partial charge in [0.25, 0.3) is 20.2 Å². The normalized spacial score (nSPS) is 12.6. The Morgan fingerprint density at radius 2 is 1.28 bits per heavy atom. The summed E-state index contributed by atoms with van der Waals surface area (Å²) in [5.74, 6) is -0.472. The molecule has 4 N–H and O–H groups in total. The van der Waals surface area contributed by atoms with Gasteiger partial charge in [-0.2, -0.15) is 27.1 Å². The van der Waals surface area contributed by atoms with Crippen molar-refractivity contribution in [1.29, 1.82) is 0 Å². The highest BCUT2D eigenvalue weighted by Crippen LogP contribution is 2.39. The van der Waals surface area contributed by atoms with Crippen molar-refractivity contribution in [2.45, 2.75) is 14.7 Å². The molecule has 17 heteroatoms. The molecule has 39 heavy (non-hydrogen) atoms. The van der Waals surface area contributed by atoms with E-state index in [1.165, 1.54) is 36.4 Å². The fourth-order valence-corrected chi connectivity index (χ4v) is 5.01. The van der Waals surface area contributed by atoms with Crippen LogP contribution in [0.2, 0.25) is 0 Å². The van der Waals surface area contributed by atoms with Crippen molar-refractivity contribution in [3.05, 3.63) is 72.8 Å². The highest BCUT2D eigenvalue weighted by atomic mass is 32.2. The minimum Gasteiger partial charge on any atom is -0.505 e. The molecular weight excluding hydrogens is 576 g/mol. The lowest BCUT2D eigenvalue weighted by molar-refractivity contribution is -0.432. The molecule has 0 unspecified atom stereocenters. The molecule has 0 amide bonds. The van der Waals surface area contributed by atoms with Gasteiger partial charge in [0.1, 0.15) is 21.2 Å². The Balaban J connectivity index is 1.64. The molecule has 4 aromatic carbocycles. The van der Waals surface area contributed by atoms with Gasteiger partial charge in [-0.3, -0.25) is 9.11 Å². The number of phenolic OH excluding ortho intramolecular Hbond substituents is 1. The fraction of sp³-hybridized carbons (Fsp3) is 0. The summed E-state index contributed by atoms with van der Waals surface area (Å²) >= 11 is 0.747. The molecule has 202 valence electrons. The summed E-state index contributed by atoms with van der Waals surface area (Å²) in [4.78, 5) is -0.468. The maximum Gasteiger partial charge on any atom is 0.296 e. The minimum absolute atomic E-state index is 0.0330. The fourth-order valence-electron chi connectivity index (χ4n) is 3.31. The lowest BCUT2D eigenvalue weighted by Gasteiger charge is -2.07. The van der Waals surface area contributed by atoms with Crippen molar-refractivity contribution >= 4 is 65.8 Å². The molecule has 0 aromatic heterocycles. The SMILES string of the molecule is O=S(=O)(O)c1cc(N=Nc2ccc(SOOO)cc2)ccc1N=Nc1ccc2c(S(=O)(=O)O)cccc2c1O. The van der Waals surface area contributed by atoms with Crippen LogP contribution in [0.1, 0.15) is 0 Å². The Morgan fingerprint density at radius 1 is 0.667 bits per heavy atom. The van der Waals surface area contributed by atoms with Crippen molar-refractivity contribution in [1.82, 2.24) is 0 Å². The first-order valence-electron chi connectivity index (χ1n) is 10.4. The molecule has 0 heterocycles. The first kappa shape index (κ1) is 28.2. The first-order chi connectivity index (χ1) is 18.5. The molecule has 14 nitrogen and oxygen atoms in total. The van der Waals surface area contributed by atoms with E-state index < -0.39 is 35.8 Å². The Kier molecular flexibility index (Phi) is 8.33. The summed E-state index contributed by atoms with van der Waals surface area (Å²) in [6.45, 7) is 0. The van der Waals surface area contributed by atoms with Gasteiger partial charge < -0.3 is 5.11 Å². The molecule has 0 radical (unpaired) electrons. The molecule has 0 aliphatic rings. The van der Waals surface area contributed by atoms with Crippen LogP contribution in [0.3, 0.4) is 0 Å².